The monoisotopic (exact) mass is 340 g/mol. The van der Waals surface area contributed by atoms with Crippen LogP contribution in [0.1, 0.15) is 35.5 Å². The molecule has 0 saturated carbocycles. The molecule has 3 rings (SSSR count). The van der Waals surface area contributed by atoms with Gasteiger partial charge in [-0.05, 0) is 43.8 Å². The fraction of sp³-hybridized carbons (Fsp3) is 0.278. The minimum Gasteiger partial charge on any atom is -0.349 e. The third-order valence-electron chi connectivity index (χ3n) is 3.94. The highest BCUT2D eigenvalue weighted by molar-refractivity contribution is 7.09. The molecule has 3 aromatic heterocycles. The van der Waals surface area contributed by atoms with Crippen LogP contribution in [0, 0.1) is 6.92 Å². The van der Waals surface area contributed by atoms with Crippen LogP contribution < -0.4 is 5.32 Å². The van der Waals surface area contributed by atoms with Gasteiger partial charge in [-0.15, -0.1) is 11.3 Å². The molecule has 5 nitrogen and oxygen atoms in total. The number of amides is 1. The van der Waals surface area contributed by atoms with Crippen molar-refractivity contribution in [2.45, 2.75) is 32.7 Å². The van der Waals surface area contributed by atoms with Gasteiger partial charge in [0.15, 0.2) is 5.82 Å². The van der Waals surface area contributed by atoms with Crippen LogP contribution in [-0.2, 0) is 11.2 Å². The molecule has 3 heterocycles. The Morgan fingerprint density at radius 3 is 2.92 bits per heavy atom. The minimum atomic E-state index is -0.0849. The van der Waals surface area contributed by atoms with Crippen molar-refractivity contribution in [3.8, 4) is 5.82 Å². The summed E-state index contributed by atoms with van der Waals surface area (Å²) < 4.78 is 1.80. The molecule has 1 unspecified atom stereocenters. The molecule has 0 fully saturated rings. The maximum absolute atomic E-state index is 12.2. The van der Waals surface area contributed by atoms with Crippen LogP contribution >= 0.6 is 11.3 Å². The number of hydrogen-bond donors (Lipinski definition) is 1. The van der Waals surface area contributed by atoms with Crippen molar-refractivity contribution in [2.24, 2.45) is 0 Å². The van der Waals surface area contributed by atoms with E-state index < -0.39 is 0 Å². The lowest BCUT2D eigenvalue weighted by Gasteiger charge is -2.14. The highest BCUT2D eigenvalue weighted by atomic mass is 32.1. The Balaban J connectivity index is 1.64. The van der Waals surface area contributed by atoms with Crippen molar-refractivity contribution in [1.82, 2.24) is 20.1 Å². The zero-order valence-corrected chi connectivity index (χ0v) is 14.6. The summed E-state index contributed by atoms with van der Waals surface area (Å²) in [5, 5.41) is 9.49. The second-order valence-electron chi connectivity index (χ2n) is 5.65. The SMILES string of the molecule is Cc1c(C(C)NC(=O)CCc2cccs2)cnn1-c1ccccn1. The van der Waals surface area contributed by atoms with Crippen molar-refractivity contribution in [2.75, 3.05) is 0 Å². The van der Waals surface area contributed by atoms with E-state index in [4.69, 9.17) is 0 Å². The van der Waals surface area contributed by atoms with Gasteiger partial charge >= 0.3 is 0 Å². The third-order valence-corrected chi connectivity index (χ3v) is 4.87. The lowest BCUT2D eigenvalue weighted by Crippen LogP contribution is -2.27. The van der Waals surface area contributed by atoms with Crippen LogP contribution in [0.25, 0.3) is 5.82 Å². The summed E-state index contributed by atoms with van der Waals surface area (Å²) in [7, 11) is 0. The molecule has 0 aromatic carbocycles. The van der Waals surface area contributed by atoms with Gasteiger partial charge in [0.25, 0.3) is 0 Å². The van der Waals surface area contributed by atoms with Crippen LogP contribution in [0.15, 0.2) is 48.1 Å². The number of aryl methyl sites for hydroxylation is 1. The number of nitrogens with zero attached hydrogens (tertiary/aromatic N) is 3. The summed E-state index contributed by atoms with van der Waals surface area (Å²) in [6, 6.07) is 9.70. The molecule has 6 heteroatoms. The van der Waals surface area contributed by atoms with Crippen LogP contribution in [0.3, 0.4) is 0 Å². The molecule has 0 aliphatic heterocycles. The normalized spacial score (nSPS) is 12.1. The smallest absolute Gasteiger partial charge is 0.220 e. The van der Waals surface area contributed by atoms with Crippen LogP contribution in [-0.4, -0.2) is 20.7 Å². The molecule has 3 aromatic rings. The van der Waals surface area contributed by atoms with Crippen LogP contribution in [0.2, 0.25) is 0 Å². The summed E-state index contributed by atoms with van der Waals surface area (Å²) >= 11 is 1.68. The van der Waals surface area contributed by atoms with Gasteiger partial charge in [-0.3, -0.25) is 4.79 Å². The van der Waals surface area contributed by atoms with Crippen molar-refractivity contribution >= 4 is 17.2 Å². The Kier molecular flexibility index (Phi) is 5.05. The number of carbonyl (C=O) groups is 1. The maximum Gasteiger partial charge on any atom is 0.220 e. The molecule has 24 heavy (non-hydrogen) atoms. The molecule has 0 bridgehead atoms. The highest BCUT2D eigenvalue weighted by Crippen LogP contribution is 2.19. The van der Waals surface area contributed by atoms with E-state index in [1.54, 1.807) is 28.4 Å². The average molecular weight is 340 g/mol. The van der Waals surface area contributed by atoms with Gasteiger partial charge in [0.05, 0.1) is 12.2 Å². The lowest BCUT2D eigenvalue weighted by molar-refractivity contribution is -0.121. The van der Waals surface area contributed by atoms with Gasteiger partial charge in [-0.2, -0.15) is 5.10 Å². The molecule has 1 amide bonds. The van der Waals surface area contributed by atoms with Crippen molar-refractivity contribution in [3.63, 3.8) is 0 Å². The fourth-order valence-electron chi connectivity index (χ4n) is 2.64. The Bertz CT molecular complexity index is 796. The summed E-state index contributed by atoms with van der Waals surface area (Å²) in [6.07, 6.45) is 4.82. The Morgan fingerprint density at radius 1 is 1.33 bits per heavy atom. The maximum atomic E-state index is 12.2. The van der Waals surface area contributed by atoms with E-state index in [1.165, 1.54) is 4.88 Å². The Labute approximate surface area is 145 Å². The predicted molar refractivity (Wildman–Crippen MR) is 95.3 cm³/mol. The summed E-state index contributed by atoms with van der Waals surface area (Å²) in [6.45, 7) is 3.97. The molecule has 1 N–H and O–H groups in total. The largest absolute Gasteiger partial charge is 0.349 e. The second-order valence-corrected chi connectivity index (χ2v) is 6.69. The second kappa shape index (κ2) is 7.40. The van der Waals surface area contributed by atoms with E-state index in [0.29, 0.717) is 6.42 Å². The fourth-order valence-corrected chi connectivity index (χ4v) is 3.35. The molecule has 0 spiro atoms. The van der Waals surface area contributed by atoms with E-state index in [-0.39, 0.29) is 11.9 Å². The molecule has 0 radical (unpaired) electrons. The summed E-state index contributed by atoms with van der Waals surface area (Å²) in [4.78, 5) is 17.7. The van der Waals surface area contributed by atoms with E-state index in [0.717, 1.165) is 23.5 Å². The van der Waals surface area contributed by atoms with Gasteiger partial charge in [0.1, 0.15) is 0 Å². The molecule has 1 atom stereocenters. The average Bonchev–Trinajstić information content (AvgIpc) is 3.23. The van der Waals surface area contributed by atoms with E-state index in [2.05, 4.69) is 21.5 Å². The van der Waals surface area contributed by atoms with Crippen molar-refractivity contribution < 1.29 is 4.79 Å². The topological polar surface area (TPSA) is 59.8 Å². The number of thiophene rings is 1. The molecular formula is C18H20N4OS. The number of aromatic nitrogens is 3. The third kappa shape index (κ3) is 3.71. The zero-order valence-electron chi connectivity index (χ0n) is 13.8. The molecule has 0 aliphatic carbocycles. The van der Waals surface area contributed by atoms with Crippen molar-refractivity contribution in [1.29, 1.82) is 0 Å². The summed E-state index contributed by atoms with van der Waals surface area (Å²) in [5.74, 6) is 0.832. The summed E-state index contributed by atoms with van der Waals surface area (Å²) in [5.41, 5.74) is 1.99. The Morgan fingerprint density at radius 2 is 2.21 bits per heavy atom. The minimum absolute atomic E-state index is 0.0564. The zero-order chi connectivity index (χ0) is 16.9. The van der Waals surface area contributed by atoms with Crippen LogP contribution in [0.5, 0.6) is 0 Å². The van der Waals surface area contributed by atoms with Gasteiger partial charge in [-0.25, -0.2) is 9.67 Å². The first-order valence-electron chi connectivity index (χ1n) is 7.93. The Hall–Kier alpha value is -2.47. The first-order valence-corrected chi connectivity index (χ1v) is 8.81. The number of hydrogen-bond acceptors (Lipinski definition) is 4. The predicted octanol–water partition coefficient (Wildman–Crippen LogP) is 3.45. The number of pyridine rings is 1. The molecule has 0 saturated heterocycles. The van der Waals surface area contributed by atoms with Gasteiger partial charge in [-0.1, -0.05) is 12.1 Å². The molecular weight excluding hydrogens is 320 g/mol. The number of nitrogens with one attached hydrogen (secondary N) is 1. The highest BCUT2D eigenvalue weighted by Gasteiger charge is 2.16. The van der Waals surface area contributed by atoms with E-state index in [9.17, 15) is 4.79 Å². The lowest BCUT2D eigenvalue weighted by atomic mass is 10.1. The van der Waals surface area contributed by atoms with Crippen molar-refractivity contribution in [3.05, 3.63) is 64.2 Å². The standard InChI is InChI=1S/C18H20N4OS/c1-13(21-18(23)9-8-15-6-5-11-24-15)16-12-20-22(14(16)2)17-7-3-4-10-19-17/h3-7,10-13H,8-9H2,1-2H3,(H,21,23). The number of carbonyl (C=O) groups excluding carboxylic acids is 1. The van der Waals surface area contributed by atoms with E-state index >= 15 is 0 Å². The first kappa shape index (κ1) is 16.4. The first-order chi connectivity index (χ1) is 11.6. The number of rotatable bonds is 6. The van der Waals surface area contributed by atoms with Gasteiger partial charge in [0, 0.05) is 28.8 Å². The molecule has 124 valence electrons. The van der Waals surface area contributed by atoms with Crippen LogP contribution in [0.4, 0.5) is 0 Å². The molecule has 0 aliphatic rings. The van der Waals surface area contributed by atoms with E-state index in [1.807, 2.05) is 43.5 Å². The van der Waals surface area contributed by atoms with Gasteiger partial charge < -0.3 is 5.32 Å². The van der Waals surface area contributed by atoms with Gasteiger partial charge in [0.2, 0.25) is 5.91 Å². The quantitative estimate of drug-likeness (QED) is 0.748.